The van der Waals surface area contributed by atoms with Crippen molar-refractivity contribution in [1.29, 1.82) is 0 Å². The largest absolute Gasteiger partial charge is 0.325 e. The average molecular weight is 348 g/mol. The Morgan fingerprint density at radius 2 is 1.92 bits per heavy atom. The average Bonchev–Trinajstić information content (AvgIpc) is 2.55. The Morgan fingerprint density at radius 3 is 2.50 bits per heavy atom. The highest BCUT2D eigenvalue weighted by molar-refractivity contribution is 7.92. The van der Waals surface area contributed by atoms with Crippen LogP contribution in [0.1, 0.15) is 32.3 Å². The number of sulfonamides is 1. The topological polar surface area (TPSA) is 75.2 Å². The lowest BCUT2D eigenvalue weighted by Gasteiger charge is -2.22. The van der Waals surface area contributed by atoms with E-state index in [0.29, 0.717) is 12.2 Å². The van der Waals surface area contributed by atoms with Crippen LogP contribution < -0.4 is 9.62 Å². The highest BCUT2D eigenvalue weighted by Gasteiger charge is 2.13. The lowest BCUT2D eigenvalue weighted by atomic mass is 10.2. The lowest BCUT2D eigenvalue weighted by molar-refractivity contribution is 0.597. The van der Waals surface area contributed by atoms with E-state index in [-0.39, 0.29) is 11.6 Å². The molecule has 1 N–H and O–H groups in total. The number of aryl methyl sites for hydroxylation is 1. The smallest absolute Gasteiger partial charge is 0.233 e. The zero-order chi connectivity index (χ0) is 17.6. The van der Waals surface area contributed by atoms with Crippen molar-refractivity contribution in [2.24, 2.45) is 0 Å². The predicted octanol–water partition coefficient (Wildman–Crippen LogP) is 3.48. The first-order valence-electron chi connectivity index (χ1n) is 8.13. The minimum absolute atomic E-state index is 0.0946. The molecule has 0 aliphatic rings. The summed E-state index contributed by atoms with van der Waals surface area (Å²) in [7, 11) is -3.36. The van der Waals surface area contributed by atoms with Crippen LogP contribution in [0, 0.1) is 6.92 Å². The van der Waals surface area contributed by atoms with Gasteiger partial charge in [0.15, 0.2) is 11.6 Å². The van der Waals surface area contributed by atoms with Crippen molar-refractivity contribution in [3.63, 3.8) is 0 Å². The maximum atomic E-state index is 11.9. The molecular weight excluding hydrogens is 324 g/mol. The van der Waals surface area contributed by atoms with Crippen molar-refractivity contribution >= 4 is 27.3 Å². The summed E-state index contributed by atoms with van der Waals surface area (Å²) in [4.78, 5) is 2.02. The molecule has 0 saturated carbocycles. The van der Waals surface area contributed by atoms with E-state index in [0.717, 1.165) is 18.7 Å². The molecule has 7 heteroatoms. The van der Waals surface area contributed by atoms with Crippen LogP contribution in [0.2, 0.25) is 0 Å². The molecule has 0 aliphatic heterocycles. The Hall–Kier alpha value is -2.15. The highest BCUT2D eigenvalue weighted by Crippen LogP contribution is 2.24. The minimum atomic E-state index is -3.36. The van der Waals surface area contributed by atoms with E-state index in [1.165, 1.54) is 5.56 Å². The van der Waals surface area contributed by atoms with Gasteiger partial charge < -0.3 is 4.90 Å². The van der Waals surface area contributed by atoms with Gasteiger partial charge in [0, 0.05) is 12.2 Å². The number of benzene rings is 1. The van der Waals surface area contributed by atoms with Gasteiger partial charge in [-0.3, -0.25) is 4.72 Å². The summed E-state index contributed by atoms with van der Waals surface area (Å²) in [6.45, 7) is 6.76. The summed E-state index contributed by atoms with van der Waals surface area (Å²) in [5, 5.41) is 8.18. The van der Waals surface area contributed by atoms with Gasteiger partial charge in [-0.1, -0.05) is 25.5 Å². The third kappa shape index (κ3) is 4.92. The first-order chi connectivity index (χ1) is 11.4. The molecule has 0 unspecified atom stereocenters. The van der Waals surface area contributed by atoms with Crippen LogP contribution in [0.25, 0.3) is 0 Å². The van der Waals surface area contributed by atoms with E-state index in [9.17, 15) is 8.42 Å². The monoisotopic (exact) mass is 348 g/mol. The van der Waals surface area contributed by atoms with Crippen molar-refractivity contribution in [2.75, 3.05) is 21.9 Å². The summed E-state index contributed by atoms with van der Waals surface area (Å²) in [5.41, 5.74) is 2.20. The number of aromatic nitrogens is 2. The molecule has 0 bridgehead atoms. The molecule has 24 heavy (non-hydrogen) atoms. The van der Waals surface area contributed by atoms with Crippen LogP contribution in [0.3, 0.4) is 0 Å². The van der Waals surface area contributed by atoms with Gasteiger partial charge in [-0.05, 0) is 50.1 Å². The van der Waals surface area contributed by atoms with Gasteiger partial charge in [0.2, 0.25) is 10.0 Å². The van der Waals surface area contributed by atoms with Crippen molar-refractivity contribution < 1.29 is 8.42 Å². The van der Waals surface area contributed by atoms with E-state index in [4.69, 9.17) is 0 Å². The SMILES string of the molecule is CCCCS(=O)(=O)Nc1ccc(N(CC)c2cccc(C)c2)nn1. The van der Waals surface area contributed by atoms with E-state index in [1.54, 1.807) is 12.1 Å². The fourth-order valence-corrected chi connectivity index (χ4v) is 3.54. The number of hydrogen-bond acceptors (Lipinski definition) is 5. The van der Waals surface area contributed by atoms with Gasteiger partial charge in [-0.2, -0.15) is 0 Å². The van der Waals surface area contributed by atoms with E-state index < -0.39 is 10.0 Å². The summed E-state index contributed by atoms with van der Waals surface area (Å²) in [5.74, 6) is 1.02. The Kier molecular flexibility index (Phi) is 6.14. The molecule has 1 aromatic heterocycles. The van der Waals surface area contributed by atoms with Gasteiger partial charge in [-0.25, -0.2) is 8.42 Å². The fraction of sp³-hybridized carbons (Fsp3) is 0.412. The molecule has 0 spiro atoms. The van der Waals surface area contributed by atoms with Crippen LogP contribution in [-0.4, -0.2) is 30.9 Å². The molecule has 0 aliphatic carbocycles. The van der Waals surface area contributed by atoms with Gasteiger partial charge >= 0.3 is 0 Å². The second kappa shape index (κ2) is 8.10. The maximum absolute atomic E-state index is 11.9. The molecule has 2 rings (SSSR count). The lowest BCUT2D eigenvalue weighted by Crippen LogP contribution is -2.20. The standard InChI is InChI=1S/C17H24N4O2S/c1-4-6-12-24(22,23)20-16-10-11-17(19-18-16)21(5-2)15-9-7-8-14(3)13-15/h7-11,13H,4-6,12H2,1-3H3,(H,18,20). The fourth-order valence-electron chi connectivity index (χ4n) is 2.34. The first kappa shape index (κ1) is 18.2. The van der Waals surface area contributed by atoms with Crippen LogP contribution in [0.15, 0.2) is 36.4 Å². The van der Waals surface area contributed by atoms with Crippen molar-refractivity contribution in [3.05, 3.63) is 42.0 Å². The molecule has 0 fully saturated rings. The third-order valence-electron chi connectivity index (χ3n) is 3.58. The van der Waals surface area contributed by atoms with Crippen LogP contribution >= 0.6 is 0 Å². The number of anilines is 3. The van der Waals surface area contributed by atoms with Crippen LogP contribution in [0.5, 0.6) is 0 Å². The van der Waals surface area contributed by atoms with Gasteiger partial charge in [-0.15, -0.1) is 10.2 Å². The van der Waals surface area contributed by atoms with Gasteiger partial charge in [0.1, 0.15) is 0 Å². The van der Waals surface area contributed by atoms with Crippen molar-refractivity contribution in [1.82, 2.24) is 10.2 Å². The number of nitrogens with one attached hydrogen (secondary N) is 1. The summed E-state index contributed by atoms with van der Waals surface area (Å²) in [6.07, 6.45) is 1.45. The quantitative estimate of drug-likeness (QED) is 0.790. The predicted molar refractivity (Wildman–Crippen MR) is 98.2 cm³/mol. The molecule has 0 amide bonds. The normalized spacial score (nSPS) is 11.3. The number of nitrogens with zero attached hydrogens (tertiary/aromatic N) is 3. The van der Waals surface area contributed by atoms with Crippen molar-refractivity contribution in [2.45, 2.75) is 33.6 Å². The molecule has 1 aromatic carbocycles. The first-order valence-corrected chi connectivity index (χ1v) is 9.79. The molecule has 130 valence electrons. The maximum Gasteiger partial charge on any atom is 0.233 e. The van der Waals surface area contributed by atoms with E-state index in [1.807, 2.05) is 43.9 Å². The Morgan fingerprint density at radius 1 is 1.12 bits per heavy atom. The third-order valence-corrected chi connectivity index (χ3v) is 4.93. The molecule has 2 aromatic rings. The minimum Gasteiger partial charge on any atom is -0.325 e. The Labute approximate surface area is 144 Å². The Bertz CT molecular complexity index is 760. The second-order valence-electron chi connectivity index (χ2n) is 5.63. The zero-order valence-corrected chi connectivity index (χ0v) is 15.2. The molecular formula is C17H24N4O2S. The summed E-state index contributed by atoms with van der Waals surface area (Å²) < 4.78 is 26.3. The molecule has 0 atom stereocenters. The molecule has 1 heterocycles. The highest BCUT2D eigenvalue weighted by atomic mass is 32.2. The van der Waals surface area contributed by atoms with Crippen LogP contribution in [-0.2, 0) is 10.0 Å². The summed E-state index contributed by atoms with van der Waals surface area (Å²) in [6, 6.07) is 11.5. The number of rotatable bonds is 8. The second-order valence-corrected chi connectivity index (χ2v) is 7.48. The van der Waals surface area contributed by atoms with E-state index in [2.05, 4.69) is 21.0 Å². The molecule has 0 radical (unpaired) electrons. The zero-order valence-electron chi connectivity index (χ0n) is 14.4. The molecule has 6 nitrogen and oxygen atoms in total. The number of hydrogen-bond donors (Lipinski definition) is 1. The number of unbranched alkanes of at least 4 members (excludes halogenated alkanes) is 1. The van der Waals surface area contributed by atoms with Crippen molar-refractivity contribution in [3.8, 4) is 0 Å². The summed E-state index contributed by atoms with van der Waals surface area (Å²) >= 11 is 0. The van der Waals surface area contributed by atoms with E-state index >= 15 is 0 Å². The van der Waals surface area contributed by atoms with Gasteiger partial charge in [0.05, 0.1) is 5.75 Å². The van der Waals surface area contributed by atoms with Gasteiger partial charge in [0.25, 0.3) is 0 Å². The Balaban J connectivity index is 2.16. The van der Waals surface area contributed by atoms with Crippen LogP contribution in [0.4, 0.5) is 17.3 Å². The molecule has 0 saturated heterocycles.